The minimum Gasteiger partial charge on any atom is -0.299 e. The van der Waals surface area contributed by atoms with E-state index in [1.807, 2.05) is 37.3 Å². The lowest BCUT2D eigenvalue weighted by molar-refractivity contribution is -0.114. The van der Waals surface area contributed by atoms with Crippen molar-refractivity contribution in [2.75, 3.05) is 16.2 Å². The van der Waals surface area contributed by atoms with Crippen molar-refractivity contribution in [2.45, 2.75) is 21.9 Å². The third-order valence-electron chi connectivity index (χ3n) is 4.87. The third kappa shape index (κ3) is 6.44. The molecule has 0 atom stereocenters. The molecule has 1 heterocycles. The first kappa shape index (κ1) is 24.8. The first-order valence-electron chi connectivity index (χ1n) is 10.5. The van der Waals surface area contributed by atoms with E-state index >= 15 is 0 Å². The molecule has 0 saturated heterocycles. The maximum absolute atomic E-state index is 13.5. The minimum atomic E-state index is -4.09. The Morgan fingerprint density at radius 1 is 1.00 bits per heavy atom. The van der Waals surface area contributed by atoms with Crippen LogP contribution in [0.15, 0.2) is 88.1 Å². The lowest BCUT2D eigenvalue weighted by atomic mass is 10.2. The fourth-order valence-corrected chi connectivity index (χ4v) is 6.23. The van der Waals surface area contributed by atoms with Gasteiger partial charge >= 0.3 is 0 Å². The Kier molecular flexibility index (Phi) is 7.79. The summed E-state index contributed by atoms with van der Waals surface area (Å²) in [5, 5.41) is 10.9. The summed E-state index contributed by atoms with van der Waals surface area (Å²) < 4.78 is 41.8. The van der Waals surface area contributed by atoms with E-state index in [1.165, 1.54) is 47.4 Å². The number of thioether (sulfide) groups is 1. The zero-order chi connectivity index (χ0) is 24.8. The molecule has 7 nitrogen and oxygen atoms in total. The van der Waals surface area contributed by atoms with Crippen molar-refractivity contribution in [3.05, 3.63) is 95.8 Å². The molecule has 11 heteroatoms. The van der Waals surface area contributed by atoms with E-state index in [2.05, 4.69) is 15.5 Å². The molecule has 1 aromatic heterocycles. The Morgan fingerprint density at radius 2 is 1.69 bits per heavy atom. The highest BCUT2D eigenvalue weighted by atomic mass is 32.2. The second-order valence-corrected chi connectivity index (χ2v) is 11.6. The summed E-state index contributed by atoms with van der Waals surface area (Å²) in [4.78, 5) is 12.8. The molecular formula is C24H21FN4O3S3. The molecule has 0 radical (unpaired) electrons. The number of benzene rings is 3. The van der Waals surface area contributed by atoms with Crippen LogP contribution in [-0.2, 0) is 20.6 Å². The minimum absolute atomic E-state index is 0.0238. The molecule has 0 bridgehead atoms. The van der Waals surface area contributed by atoms with Crippen LogP contribution in [0.5, 0.6) is 0 Å². The number of carbonyl (C=O) groups excluding carboxylic acids is 1. The van der Waals surface area contributed by atoms with Crippen LogP contribution >= 0.6 is 23.1 Å². The number of halogens is 1. The maximum atomic E-state index is 13.5. The van der Waals surface area contributed by atoms with E-state index in [-0.39, 0.29) is 15.7 Å². The van der Waals surface area contributed by atoms with Crippen LogP contribution in [0.1, 0.15) is 11.1 Å². The first-order valence-corrected chi connectivity index (χ1v) is 13.7. The standard InChI is InChI=1S/C24H21FN4O3S3/c1-17-7-13-21(14-8-17)35(31,32)29(20-11-9-19(25)10-12-20)15-22(30)26-23-27-28-24(34-23)33-16-18-5-3-2-4-6-18/h2-14H,15-16H2,1H3,(H,26,27,30). The van der Waals surface area contributed by atoms with Crippen LogP contribution in [0.25, 0.3) is 0 Å². The molecule has 3 aromatic carbocycles. The molecule has 4 aromatic rings. The highest BCUT2D eigenvalue weighted by Gasteiger charge is 2.27. The number of anilines is 2. The molecule has 180 valence electrons. The van der Waals surface area contributed by atoms with Crippen LogP contribution < -0.4 is 9.62 Å². The van der Waals surface area contributed by atoms with Gasteiger partial charge in [0.2, 0.25) is 11.0 Å². The van der Waals surface area contributed by atoms with Crippen molar-refractivity contribution < 1.29 is 17.6 Å². The summed E-state index contributed by atoms with van der Waals surface area (Å²) in [6.07, 6.45) is 0. The lowest BCUT2D eigenvalue weighted by Gasteiger charge is -2.24. The van der Waals surface area contributed by atoms with Gasteiger partial charge in [-0.25, -0.2) is 12.8 Å². The molecule has 0 aliphatic carbocycles. The van der Waals surface area contributed by atoms with Gasteiger partial charge in [0.15, 0.2) is 4.34 Å². The smallest absolute Gasteiger partial charge is 0.264 e. The average molecular weight is 529 g/mol. The number of sulfonamides is 1. The van der Waals surface area contributed by atoms with Gasteiger partial charge in [-0.05, 0) is 48.9 Å². The van der Waals surface area contributed by atoms with Crippen LogP contribution in [0, 0.1) is 12.7 Å². The Balaban J connectivity index is 1.49. The van der Waals surface area contributed by atoms with Crippen molar-refractivity contribution in [3.63, 3.8) is 0 Å². The van der Waals surface area contributed by atoms with Crippen molar-refractivity contribution in [1.29, 1.82) is 0 Å². The number of rotatable bonds is 9. The van der Waals surface area contributed by atoms with Gasteiger partial charge in [-0.3, -0.25) is 14.4 Å². The number of amides is 1. The number of carbonyl (C=O) groups is 1. The topological polar surface area (TPSA) is 92.3 Å². The Labute approximate surface area is 211 Å². The number of hydrogen-bond donors (Lipinski definition) is 1. The molecule has 35 heavy (non-hydrogen) atoms. The number of nitrogens with zero attached hydrogens (tertiary/aromatic N) is 3. The predicted molar refractivity (Wildman–Crippen MR) is 137 cm³/mol. The van der Waals surface area contributed by atoms with E-state index in [0.717, 1.165) is 27.6 Å². The van der Waals surface area contributed by atoms with Gasteiger partial charge in [-0.1, -0.05) is 71.1 Å². The number of hydrogen-bond acceptors (Lipinski definition) is 7. The molecule has 0 aliphatic heterocycles. The summed E-state index contributed by atoms with van der Waals surface area (Å²) in [7, 11) is -4.09. The monoisotopic (exact) mass is 528 g/mol. The number of aryl methyl sites for hydroxylation is 1. The van der Waals surface area contributed by atoms with Gasteiger partial charge in [0.1, 0.15) is 12.4 Å². The van der Waals surface area contributed by atoms with Crippen LogP contribution in [0.3, 0.4) is 0 Å². The second kappa shape index (κ2) is 11.0. The van der Waals surface area contributed by atoms with Crippen LogP contribution in [0.4, 0.5) is 15.2 Å². The summed E-state index contributed by atoms with van der Waals surface area (Å²) in [5.74, 6) is -0.405. The number of nitrogens with one attached hydrogen (secondary N) is 1. The summed E-state index contributed by atoms with van der Waals surface area (Å²) in [5.41, 5.74) is 2.19. The van der Waals surface area contributed by atoms with E-state index in [9.17, 15) is 17.6 Å². The molecule has 0 aliphatic rings. The van der Waals surface area contributed by atoms with Gasteiger partial charge in [0.05, 0.1) is 10.6 Å². The fraction of sp³-hybridized carbons (Fsp3) is 0.125. The predicted octanol–water partition coefficient (Wildman–Crippen LogP) is 5.11. The SMILES string of the molecule is Cc1ccc(S(=O)(=O)N(CC(=O)Nc2nnc(SCc3ccccc3)s2)c2ccc(F)cc2)cc1. The van der Waals surface area contributed by atoms with E-state index < -0.39 is 28.3 Å². The Morgan fingerprint density at radius 3 is 2.37 bits per heavy atom. The molecule has 0 spiro atoms. The van der Waals surface area contributed by atoms with Crippen molar-refractivity contribution in [2.24, 2.45) is 0 Å². The molecule has 4 rings (SSSR count). The quantitative estimate of drug-likeness (QED) is 0.240. The van der Waals surface area contributed by atoms with Gasteiger partial charge in [0.25, 0.3) is 10.0 Å². The van der Waals surface area contributed by atoms with Crippen molar-refractivity contribution in [3.8, 4) is 0 Å². The third-order valence-corrected chi connectivity index (χ3v) is 8.70. The molecule has 1 amide bonds. The molecule has 1 N–H and O–H groups in total. The molecular weight excluding hydrogens is 507 g/mol. The van der Waals surface area contributed by atoms with Crippen LogP contribution in [-0.4, -0.2) is 31.1 Å². The first-order chi connectivity index (χ1) is 16.8. The number of aromatic nitrogens is 2. The lowest BCUT2D eigenvalue weighted by Crippen LogP contribution is -2.38. The zero-order valence-corrected chi connectivity index (χ0v) is 21.0. The highest BCUT2D eigenvalue weighted by molar-refractivity contribution is 8.00. The Hall–Kier alpha value is -3.28. The van der Waals surface area contributed by atoms with Gasteiger partial charge in [-0.15, -0.1) is 10.2 Å². The largest absolute Gasteiger partial charge is 0.299 e. The van der Waals surface area contributed by atoms with Gasteiger partial charge in [0, 0.05) is 5.75 Å². The average Bonchev–Trinajstić information content (AvgIpc) is 3.30. The van der Waals surface area contributed by atoms with Crippen molar-refractivity contribution >= 4 is 49.8 Å². The second-order valence-electron chi connectivity index (χ2n) is 7.50. The van der Waals surface area contributed by atoms with Gasteiger partial charge in [-0.2, -0.15) is 0 Å². The molecule has 0 fully saturated rings. The van der Waals surface area contributed by atoms with Gasteiger partial charge < -0.3 is 0 Å². The summed E-state index contributed by atoms with van der Waals surface area (Å²) in [6.45, 7) is 1.32. The zero-order valence-electron chi connectivity index (χ0n) is 18.6. The maximum Gasteiger partial charge on any atom is 0.264 e. The summed E-state index contributed by atoms with van der Waals surface area (Å²) >= 11 is 2.69. The fourth-order valence-electron chi connectivity index (χ4n) is 3.09. The normalized spacial score (nSPS) is 11.3. The molecule has 0 saturated carbocycles. The van der Waals surface area contributed by atoms with E-state index in [0.29, 0.717) is 10.1 Å². The Bertz CT molecular complexity index is 1390. The van der Waals surface area contributed by atoms with E-state index in [1.54, 1.807) is 12.1 Å². The summed E-state index contributed by atoms with van der Waals surface area (Å²) in [6, 6.07) is 21.1. The highest BCUT2D eigenvalue weighted by Crippen LogP contribution is 2.29. The van der Waals surface area contributed by atoms with Crippen molar-refractivity contribution in [1.82, 2.24) is 10.2 Å². The molecule has 0 unspecified atom stereocenters. The van der Waals surface area contributed by atoms with E-state index in [4.69, 9.17) is 0 Å². The van der Waals surface area contributed by atoms with Crippen LogP contribution in [0.2, 0.25) is 0 Å².